The van der Waals surface area contributed by atoms with Crippen LogP contribution in [0.25, 0.3) is 0 Å². The standard InChI is InChI=1S/C12H14ClN3O2/c1-2-15-10(17)6-16-9-4-3-7(13)5-8(9)11(14)12(16)18/h3-5,11H,2,6,14H2,1H3,(H,15,17). The van der Waals surface area contributed by atoms with Gasteiger partial charge in [0.05, 0.1) is 0 Å². The first-order valence-electron chi connectivity index (χ1n) is 5.67. The molecule has 2 amide bonds. The molecular weight excluding hydrogens is 254 g/mol. The number of likely N-dealkylation sites (N-methyl/N-ethyl adjacent to an activating group) is 1. The number of fused-ring (bicyclic) bond motifs is 1. The zero-order valence-corrected chi connectivity index (χ0v) is 10.7. The van der Waals surface area contributed by atoms with Crippen molar-refractivity contribution in [3.05, 3.63) is 28.8 Å². The first-order valence-corrected chi connectivity index (χ1v) is 6.05. The van der Waals surface area contributed by atoms with Gasteiger partial charge in [-0.1, -0.05) is 11.6 Å². The lowest BCUT2D eigenvalue weighted by atomic mass is 10.1. The second-order valence-corrected chi connectivity index (χ2v) is 4.50. The number of benzene rings is 1. The molecule has 96 valence electrons. The molecule has 0 aromatic heterocycles. The van der Waals surface area contributed by atoms with Crippen LogP contribution in [0.15, 0.2) is 18.2 Å². The Morgan fingerprint density at radius 2 is 2.28 bits per heavy atom. The molecule has 5 nitrogen and oxygen atoms in total. The van der Waals surface area contributed by atoms with Crippen molar-refractivity contribution in [3.8, 4) is 0 Å². The lowest BCUT2D eigenvalue weighted by Crippen LogP contribution is -2.40. The van der Waals surface area contributed by atoms with Gasteiger partial charge in [0.1, 0.15) is 12.6 Å². The van der Waals surface area contributed by atoms with E-state index < -0.39 is 6.04 Å². The average Bonchev–Trinajstić information content (AvgIpc) is 2.55. The Balaban J connectivity index is 2.28. The fourth-order valence-corrected chi connectivity index (χ4v) is 2.18. The lowest BCUT2D eigenvalue weighted by Gasteiger charge is -2.16. The predicted molar refractivity (Wildman–Crippen MR) is 69.4 cm³/mol. The van der Waals surface area contributed by atoms with E-state index in [-0.39, 0.29) is 18.4 Å². The summed E-state index contributed by atoms with van der Waals surface area (Å²) in [6.07, 6.45) is 0. The van der Waals surface area contributed by atoms with Gasteiger partial charge in [0.25, 0.3) is 0 Å². The number of halogens is 1. The second-order valence-electron chi connectivity index (χ2n) is 4.06. The molecule has 1 aliphatic rings. The minimum atomic E-state index is -0.742. The molecule has 18 heavy (non-hydrogen) atoms. The molecular formula is C12H14ClN3O2. The van der Waals surface area contributed by atoms with Crippen molar-refractivity contribution in [1.82, 2.24) is 5.32 Å². The number of carbonyl (C=O) groups is 2. The molecule has 0 aliphatic carbocycles. The summed E-state index contributed by atoms with van der Waals surface area (Å²) in [5.74, 6) is -0.487. The summed E-state index contributed by atoms with van der Waals surface area (Å²) in [6.45, 7) is 2.33. The highest BCUT2D eigenvalue weighted by Crippen LogP contribution is 2.35. The van der Waals surface area contributed by atoms with Gasteiger partial charge in [0.2, 0.25) is 11.8 Å². The third kappa shape index (κ3) is 2.19. The van der Waals surface area contributed by atoms with Crippen molar-refractivity contribution in [2.75, 3.05) is 18.0 Å². The third-order valence-electron chi connectivity index (χ3n) is 2.82. The van der Waals surface area contributed by atoms with Crippen LogP contribution in [0.4, 0.5) is 5.69 Å². The van der Waals surface area contributed by atoms with Gasteiger partial charge in [-0.05, 0) is 25.1 Å². The predicted octanol–water partition coefficient (Wildman–Crippen LogP) is 0.823. The fraction of sp³-hybridized carbons (Fsp3) is 0.333. The topological polar surface area (TPSA) is 75.4 Å². The van der Waals surface area contributed by atoms with Gasteiger partial charge in [0, 0.05) is 22.8 Å². The largest absolute Gasteiger partial charge is 0.355 e. The number of hydrogen-bond donors (Lipinski definition) is 2. The molecule has 1 heterocycles. The molecule has 0 spiro atoms. The first-order chi connectivity index (χ1) is 8.54. The summed E-state index contributed by atoms with van der Waals surface area (Å²) < 4.78 is 0. The summed E-state index contributed by atoms with van der Waals surface area (Å²) in [5.41, 5.74) is 7.14. The molecule has 6 heteroatoms. The van der Waals surface area contributed by atoms with Gasteiger partial charge in [-0.3, -0.25) is 9.59 Å². The Bertz CT molecular complexity index is 504. The summed E-state index contributed by atoms with van der Waals surface area (Å²) in [7, 11) is 0. The van der Waals surface area contributed by atoms with E-state index in [0.717, 1.165) is 0 Å². The zero-order chi connectivity index (χ0) is 13.3. The number of rotatable bonds is 3. The van der Waals surface area contributed by atoms with Crippen LogP contribution in [0.2, 0.25) is 5.02 Å². The van der Waals surface area contributed by atoms with E-state index in [9.17, 15) is 9.59 Å². The minimum Gasteiger partial charge on any atom is -0.355 e. The minimum absolute atomic E-state index is 0.0188. The molecule has 1 atom stereocenters. The molecule has 2 rings (SSSR count). The monoisotopic (exact) mass is 267 g/mol. The van der Waals surface area contributed by atoms with Crippen molar-refractivity contribution in [2.24, 2.45) is 5.73 Å². The van der Waals surface area contributed by atoms with Crippen molar-refractivity contribution >= 4 is 29.1 Å². The molecule has 1 aromatic rings. The summed E-state index contributed by atoms with van der Waals surface area (Å²) in [5, 5.41) is 3.18. The van der Waals surface area contributed by atoms with Crippen LogP contribution in [0, 0.1) is 0 Å². The SMILES string of the molecule is CCNC(=O)CN1C(=O)C(N)c2cc(Cl)ccc21. The fourth-order valence-electron chi connectivity index (χ4n) is 2.00. The molecule has 1 aliphatic heterocycles. The Hall–Kier alpha value is -1.59. The maximum Gasteiger partial charge on any atom is 0.249 e. The van der Waals surface area contributed by atoms with Crippen LogP contribution in [-0.4, -0.2) is 24.9 Å². The quantitative estimate of drug-likeness (QED) is 0.851. The smallest absolute Gasteiger partial charge is 0.249 e. The third-order valence-corrected chi connectivity index (χ3v) is 3.06. The van der Waals surface area contributed by atoms with Gasteiger partial charge in [0.15, 0.2) is 0 Å². The number of amides is 2. The number of anilines is 1. The van der Waals surface area contributed by atoms with Gasteiger partial charge in [-0.15, -0.1) is 0 Å². The van der Waals surface area contributed by atoms with Crippen LogP contribution in [0.1, 0.15) is 18.5 Å². The van der Waals surface area contributed by atoms with Crippen molar-refractivity contribution < 1.29 is 9.59 Å². The van der Waals surface area contributed by atoms with E-state index in [1.165, 1.54) is 4.90 Å². The Kier molecular flexibility index (Phi) is 3.54. The maximum atomic E-state index is 12.0. The van der Waals surface area contributed by atoms with E-state index >= 15 is 0 Å². The van der Waals surface area contributed by atoms with E-state index in [0.29, 0.717) is 22.8 Å². The number of nitrogens with two attached hydrogens (primary N) is 1. The van der Waals surface area contributed by atoms with Crippen LogP contribution >= 0.6 is 11.6 Å². The molecule has 0 bridgehead atoms. The molecule has 3 N–H and O–H groups in total. The zero-order valence-electron chi connectivity index (χ0n) is 9.94. The van der Waals surface area contributed by atoms with Crippen LogP contribution in [0.5, 0.6) is 0 Å². The summed E-state index contributed by atoms with van der Waals surface area (Å²) in [4.78, 5) is 24.9. The van der Waals surface area contributed by atoms with Crippen molar-refractivity contribution in [2.45, 2.75) is 13.0 Å². The highest BCUT2D eigenvalue weighted by Gasteiger charge is 2.35. The van der Waals surface area contributed by atoms with Crippen molar-refractivity contribution in [3.63, 3.8) is 0 Å². The molecule has 1 unspecified atom stereocenters. The highest BCUT2D eigenvalue weighted by molar-refractivity contribution is 6.31. The number of nitrogens with one attached hydrogen (secondary N) is 1. The summed E-state index contributed by atoms with van der Waals surface area (Å²) in [6, 6.07) is 4.31. The molecule has 0 fully saturated rings. The van der Waals surface area contributed by atoms with Gasteiger partial charge < -0.3 is 16.0 Å². The Morgan fingerprint density at radius 1 is 1.56 bits per heavy atom. The van der Waals surface area contributed by atoms with Crippen LogP contribution in [-0.2, 0) is 9.59 Å². The molecule has 0 saturated carbocycles. The van der Waals surface area contributed by atoms with Crippen molar-refractivity contribution in [1.29, 1.82) is 0 Å². The number of carbonyl (C=O) groups excluding carboxylic acids is 2. The number of hydrogen-bond acceptors (Lipinski definition) is 3. The average molecular weight is 268 g/mol. The van der Waals surface area contributed by atoms with Gasteiger partial charge in [-0.2, -0.15) is 0 Å². The lowest BCUT2D eigenvalue weighted by molar-refractivity contribution is -0.124. The van der Waals surface area contributed by atoms with E-state index in [1.807, 2.05) is 6.92 Å². The highest BCUT2D eigenvalue weighted by atomic mass is 35.5. The first kappa shape index (κ1) is 12.9. The van der Waals surface area contributed by atoms with Gasteiger partial charge in [-0.25, -0.2) is 0 Å². The Labute approximate surface area is 110 Å². The second kappa shape index (κ2) is 4.96. The molecule has 0 radical (unpaired) electrons. The van der Waals surface area contributed by atoms with Gasteiger partial charge >= 0.3 is 0 Å². The van der Waals surface area contributed by atoms with Crippen LogP contribution in [0.3, 0.4) is 0 Å². The van der Waals surface area contributed by atoms with E-state index in [2.05, 4.69) is 5.32 Å². The maximum absolute atomic E-state index is 12.0. The summed E-state index contributed by atoms with van der Waals surface area (Å²) >= 11 is 5.87. The number of nitrogens with zero attached hydrogens (tertiary/aromatic N) is 1. The normalized spacial score (nSPS) is 17.8. The molecule has 0 saturated heterocycles. The van der Waals surface area contributed by atoms with E-state index in [4.69, 9.17) is 17.3 Å². The Morgan fingerprint density at radius 3 is 2.94 bits per heavy atom. The molecule has 1 aromatic carbocycles. The van der Waals surface area contributed by atoms with E-state index in [1.54, 1.807) is 18.2 Å². The van der Waals surface area contributed by atoms with Crippen LogP contribution < -0.4 is 16.0 Å².